The van der Waals surface area contributed by atoms with Crippen LogP contribution in [0.2, 0.25) is 0 Å². The summed E-state index contributed by atoms with van der Waals surface area (Å²) in [6.45, 7) is 0.643. The molecule has 0 aliphatic rings. The van der Waals surface area contributed by atoms with Crippen molar-refractivity contribution in [3.8, 4) is 0 Å². The number of ether oxygens (including phenoxy) is 1. The first-order valence-corrected chi connectivity index (χ1v) is 5.79. The van der Waals surface area contributed by atoms with Crippen LogP contribution in [0.5, 0.6) is 0 Å². The first kappa shape index (κ1) is 15.6. The van der Waals surface area contributed by atoms with Crippen molar-refractivity contribution in [1.29, 1.82) is 0 Å². The third-order valence-corrected chi connectivity index (χ3v) is 2.24. The van der Waals surface area contributed by atoms with Gasteiger partial charge in [0.25, 0.3) is 5.91 Å². The summed E-state index contributed by atoms with van der Waals surface area (Å²) in [5.74, 6) is -1.91. The minimum Gasteiger partial charge on any atom is -0.480 e. The molecule has 1 aromatic rings. The van der Waals surface area contributed by atoms with Gasteiger partial charge in [0.1, 0.15) is 13.2 Å². The van der Waals surface area contributed by atoms with E-state index in [0.29, 0.717) is 0 Å². The zero-order valence-corrected chi connectivity index (χ0v) is 10.8. The van der Waals surface area contributed by atoms with Gasteiger partial charge in [0.15, 0.2) is 0 Å². The molecule has 20 heavy (non-hydrogen) atoms. The first-order chi connectivity index (χ1) is 9.49. The molecule has 1 unspecified atom stereocenters. The van der Waals surface area contributed by atoms with Crippen LogP contribution in [0.25, 0.3) is 0 Å². The second-order valence-corrected chi connectivity index (χ2v) is 3.92. The number of hydrogen-bond donors (Lipinski definition) is 3. The van der Waals surface area contributed by atoms with Crippen molar-refractivity contribution < 1.29 is 24.2 Å². The molecule has 0 aliphatic carbocycles. The number of carboxylic acid groups (broad SMARTS) is 1. The Labute approximate surface area is 115 Å². The monoisotopic (exact) mass is 281 g/mol. The fraction of sp³-hybridized carbons (Fsp3) is 0.333. The highest BCUT2D eigenvalue weighted by Gasteiger charge is 2.12. The first-order valence-electron chi connectivity index (χ1n) is 5.79. The fourth-order valence-electron chi connectivity index (χ4n) is 1.34. The molecule has 108 valence electrons. The van der Waals surface area contributed by atoms with Crippen LogP contribution in [-0.4, -0.2) is 41.2 Å². The van der Waals surface area contributed by atoms with Crippen LogP contribution in [0.15, 0.2) is 24.5 Å². The molecule has 0 aromatic carbocycles. The van der Waals surface area contributed by atoms with Crippen LogP contribution in [-0.2, 0) is 14.3 Å². The molecule has 0 bridgehead atoms. The molecule has 8 nitrogen and oxygen atoms in total. The van der Waals surface area contributed by atoms with E-state index in [4.69, 9.17) is 5.11 Å². The Morgan fingerprint density at radius 3 is 2.75 bits per heavy atom. The van der Waals surface area contributed by atoms with E-state index in [1.54, 1.807) is 31.5 Å². The molecular weight excluding hydrogens is 266 g/mol. The van der Waals surface area contributed by atoms with E-state index in [0.717, 1.165) is 5.56 Å². The molecule has 8 heteroatoms. The van der Waals surface area contributed by atoms with Crippen molar-refractivity contribution in [3.05, 3.63) is 30.1 Å². The summed E-state index contributed by atoms with van der Waals surface area (Å²) in [7, 11) is 0. The number of aliphatic carboxylic acids is 1. The Morgan fingerprint density at radius 1 is 1.40 bits per heavy atom. The smallest absolute Gasteiger partial charge is 0.329 e. The highest BCUT2D eigenvalue weighted by atomic mass is 16.5. The van der Waals surface area contributed by atoms with E-state index >= 15 is 0 Å². The zero-order valence-electron chi connectivity index (χ0n) is 10.8. The highest BCUT2D eigenvalue weighted by Crippen LogP contribution is 2.08. The molecule has 0 fully saturated rings. The third kappa shape index (κ3) is 5.91. The van der Waals surface area contributed by atoms with Crippen LogP contribution in [0.3, 0.4) is 0 Å². The molecule has 0 aliphatic heterocycles. The Balaban J connectivity index is 2.32. The summed E-state index contributed by atoms with van der Waals surface area (Å²) in [6.07, 6.45) is 3.21. The molecule has 1 atom stereocenters. The molecule has 1 aromatic heterocycles. The Hall–Kier alpha value is -2.48. The van der Waals surface area contributed by atoms with Gasteiger partial charge < -0.3 is 15.2 Å². The second-order valence-electron chi connectivity index (χ2n) is 3.92. The van der Waals surface area contributed by atoms with E-state index in [1.807, 2.05) is 5.32 Å². The van der Waals surface area contributed by atoms with Crippen LogP contribution in [0, 0.1) is 0 Å². The average molecular weight is 281 g/mol. The number of aromatic nitrogens is 1. The minimum absolute atomic E-state index is 0.323. The van der Waals surface area contributed by atoms with Crippen LogP contribution >= 0.6 is 0 Å². The molecule has 1 rings (SSSR count). The molecule has 0 radical (unpaired) electrons. The summed E-state index contributed by atoms with van der Waals surface area (Å²) in [4.78, 5) is 36.8. The van der Waals surface area contributed by atoms with Crippen molar-refractivity contribution in [2.45, 2.75) is 13.0 Å². The maximum atomic E-state index is 11.5. The maximum absolute atomic E-state index is 11.5. The van der Waals surface area contributed by atoms with Gasteiger partial charge in [-0.3, -0.25) is 15.1 Å². The number of urea groups is 1. The van der Waals surface area contributed by atoms with Crippen molar-refractivity contribution in [2.24, 2.45) is 0 Å². The summed E-state index contributed by atoms with van der Waals surface area (Å²) < 4.78 is 4.55. The number of rotatable bonds is 6. The number of imide groups is 1. The summed E-state index contributed by atoms with van der Waals surface area (Å²) >= 11 is 0. The van der Waals surface area contributed by atoms with Gasteiger partial charge in [-0.05, 0) is 18.6 Å². The lowest BCUT2D eigenvalue weighted by atomic mass is 10.1. The van der Waals surface area contributed by atoms with Gasteiger partial charge in [-0.1, -0.05) is 6.07 Å². The second kappa shape index (κ2) is 7.85. The van der Waals surface area contributed by atoms with Crippen LogP contribution < -0.4 is 10.6 Å². The van der Waals surface area contributed by atoms with Gasteiger partial charge in [-0.25, -0.2) is 9.59 Å². The van der Waals surface area contributed by atoms with Gasteiger partial charge in [0, 0.05) is 12.4 Å². The van der Waals surface area contributed by atoms with Gasteiger partial charge in [-0.15, -0.1) is 0 Å². The van der Waals surface area contributed by atoms with E-state index in [2.05, 4.69) is 15.0 Å². The number of amides is 3. The molecule has 0 saturated carbocycles. The lowest BCUT2D eigenvalue weighted by Gasteiger charge is -2.13. The number of hydrogen-bond acceptors (Lipinski definition) is 5. The maximum Gasteiger partial charge on any atom is 0.329 e. The highest BCUT2D eigenvalue weighted by molar-refractivity contribution is 5.95. The van der Waals surface area contributed by atoms with E-state index in [-0.39, 0.29) is 6.04 Å². The molecule has 3 amide bonds. The number of nitrogens with zero attached hydrogens (tertiary/aromatic N) is 1. The quantitative estimate of drug-likeness (QED) is 0.679. The van der Waals surface area contributed by atoms with E-state index in [1.165, 1.54) is 0 Å². The predicted molar refractivity (Wildman–Crippen MR) is 67.8 cm³/mol. The summed E-state index contributed by atoms with van der Waals surface area (Å²) in [6, 6.07) is 2.51. The van der Waals surface area contributed by atoms with Crippen molar-refractivity contribution in [2.75, 3.05) is 13.2 Å². The number of nitrogens with one attached hydrogen (secondary N) is 2. The lowest BCUT2D eigenvalue weighted by Crippen LogP contribution is -2.42. The predicted octanol–water partition coefficient (Wildman–Crippen LogP) is 0.0696. The number of carbonyl (C=O) groups is 3. The SMILES string of the molecule is CC(NC(=O)NC(=O)COCC(=O)O)c1cccnc1. The number of pyridine rings is 1. The molecular formula is C12H15N3O5. The van der Waals surface area contributed by atoms with Gasteiger partial charge >= 0.3 is 12.0 Å². The zero-order chi connectivity index (χ0) is 15.0. The normalized spacial score (nSPS) is 11.4. The third-order valence-electron chi connectivity index (χ3n) is 2.24. The molecule has 1 heterocycles. The van der Waals surface area contributed by atoms with Crippen molar-refractivity contribution in [3.63, 3.8) is 0 Å². The average Bonchev–Trinajstić information content (AvgIpc) is 2.38. The van der Waals surface area contributed by atoms with E-state index in [9.17, 15) is 14.4 Å². The molecule has 0 saturated heterocycles. The number of carboxylic acids is 1. The van der Waals surface area contributed by atoms with Gasteiger partial charge in [-0.2, -0.15) is 0 Å². The van der Waals surface area contributed by atoms with Gasteiger partial charge in [0.05, 0.1) is 6.04 Å². The Bertz CT molecular complexity index is 477. The molecule has 3 N–H and O–H groups in total. The summed E-state index contributed by atoms with van der Waals surface area (Å²) in [5, 5.41) is 12.9. The van der Waals surface area contributed by atoms with Crippen LogP contribution in [0.4, 0.5) is 4.79 Å². The Morgan fingerprint density at radius 2 is 2.15 bits per heavy atom. The molecule has 0 spiro atoms. The fourth-order valence-corrected chi connectivity index (χ4v) is 1.34. The Kier molecular flexibility index (Phi) is 6.11. The van der Waals surface area contributed by atoms with E-state index < -0.39 is 31.1 Å². The minimum atomic E-state index is -1.19. The van der Waals surface area contributed by atoms with Gasteiger partial charge in [0.2, 0.25) is 0 Å². The lowest BCUT2D eigenvalue weighted by molar-refractivity contribution is -0.143. The standard InChI is InChI=1S/C12H15N3O5/c1-8(9-3-2-4-13-5-9)14-12(19)15-10(16)6-20-7-11(17)18/h2-5,8H,6-7H2,1H3,(H,17,18)(H2,14,15,16,19). The topological polar surface area (TPSA) is 118 Å². The summed E-state index contributed by atoms with van der Waals surface area (Å²) in [5.41, 5.74) is 0.789. The largest absolute Gasteiger partial charge is 0.480 e. The van der Waals surface area contributed by atoms with Crippen LogP contribution in [0.1, 0.15) is 18.5 Å². The van der Waals surface area contributed by atoms with Crippen molar-refractivity contribution in [1.82, 2.24) is 15.6 Å². The number of carbonyl (C=O) groups excluding carboxylic acids is 2. The van der Waals surface area contributed by atoms with Crippen molar-refractivity contribution >= 4 is 17.9 Å².